The van der Waals surface area contributed by atoms with Gasteiger partial charge in [-0.25, -0.2) is 0 Å². The summed E-state index contributed by atoms with van der Waals surface area (Å²) < 4.78 is 1.48. The number of rotatable bonds is 4. The molecule has 1 amide bonds. The van der Waals surface area contributed by atoms with E-state index in [4.69, 9.17) is 0 Å². The van der Waals surface area contributed by atoms with Gasteiger partial charge in [0.15, 0.2) is 0 Å². The molecule has 3 aromatic rings. The Morgan fingerprint density at radius 1 is 1.10 bits per heavy atom. The molecule has 150 valence electrons. The van der Waals surface area contributed by atoms with E-state index in [2.05, 4.69) is 36.1 Å². The highest BCUT2D eigenvalue weighted by Gasteiger charge is 2.18. The predicted molar refractivity (Wildman–Crippen MR) is 114 cm³/mol. The number of nitrogens with zero attached hydrogens (tertiary/aromatic N) is 3. The minimum atomic E-state index is -0.414. The molecule has 6 heteroatoms. The lowest BCUT2D eigenvalue weighted by atomic mass is 9.87. The summed E-state index contributed by atoms with van der Waals surface area (Å²) in [4.78, 5) is 34.4. The molecule has 0 unspecified atom stereocenters. The van der Waals surface area contributed by atoms with Crippen molar-refractivity contribution in [2.75, 3.05) is 5.32 Å². The summed E-state index contributed by atoms with van der Waals surface area (Å²) in [5.41, 5.74) is 3.62. The van der Waals surface area contributed by atoms with Gasteiger partial charge in [0.05, 0.1) is 24.1 Å². The van der Waals surface area contributed by atoms with Crippen LogP contribution in [0.25, 0.3) is 0 Å². The predicted octanol–water partition coefficient (Wildman–Crippen LogP) is 3.85. The molecular formula is C23H26N4O2. The third-order valence-corrected chi connectivity index (χ3v) is 4.75. The number of amides is 1. The van der Waals surface area contributed by atoms with Crippen molar-refractivity contribution in [3.63, 3.8) is 0 Å². The van der Waals surface area contributed by atoms with E-state index in [1.54, 1.807) is 31.6 Å². The Morgan fingerprint density at radius 3 is 2.52 bits per heavy atom. The Bertz CT molecular complexity index is 1090. The maximum Gasteiger partial charge on any atom is 0.264 e. The van der Waals surface area contributed by atoms with Gasteiger partial charge < -0.3 is 9.88 Å². The normalized spacial score (nSPS) is 11.3. The summed E-state index contributed by atoms with van der Waals surface area (Å²) in [5, 5.41) is 2.87. The lowest BCUT2D eigenvalue weighted by Gasteiger charge is -2.20. The van der Waals surface area contributed by atoms with Crippen molar-refractivity contribution < 1.29 is 4.79 Å². The molecule has 2 aromatic heterocycles. The van der Waals surface area contributed by atoms with Gasteiger partial charge in [0.2, 0.25) is 0 Å². The topological polar surface area (TPSA) is 76.9 Å². The van der Waals surface area contributed by atoms with E-state index in [1.807, 2.05) is 31.2 Å². The van der Waals surface area contributed by atoms with Crippen LogP contribution in [0.4, 0.5) is 5.69 Å². The number of benzene rings is 1. The molecule has 6 nitrogen and oxygen atoms in total. The second-order valence-corrected chi connectivity index (χ2v) is 8.24. The molecule has 0 atom stereocenters. The monoisotopic (exact) mass is 390 g/mol. The molecular weight excluding hydrogens is 364 g/mol. The van der Waals surface area contributed by atoms with Crippen molar-refractivity contribution in [3.8, 4) is 0 Å². The van der Waals surface area contributed by atoms with Crippen molar-refractivity contribution in [2.45, 2.75) is 46.6 Å². The number of aromatic nitrogens is 3. The molecule has 0 aliphatic heterocycles. The van der Waals surface area contributed by atoms with Crippen LogP contribution in [0.3, 0.4) is 0 Å². The summed E-state index contributed by atoms with van der Waals surface area (Å²) in [6.45, 7) is 10.2. The van der Waals surface area contributed by atoms with Crippen LogP contribution >= 0.6 is 0 Å². The summed E-state index contributed by atoms with van der Waals surface area (Å²) in [5.74, 6) is -0.414. The van der Waals surface area contributed by atoms with Crippen molar-refractivity contribution >= 4 is 11.6 Å². The highest BCUT2D eigenvalue weighted by Crippen LogP contribution is 2.24. The van der Waals surface area contributed by atoms with Gasteiger partial charge in [0.25, 0.3) is 11.5 Å². The molecule has 1 aromatic carbocycles. The smallest absolute Gasteiger partial charge is 0.264 e. The van der Waals surface area contributed by atoms with Gasteiger partial charge in [-0.15, -0.1) is 0 Å². The SMILES string of the molecule is Cc1cnc(Cn2ccc(C)c(C(=O)Nc3cccc(C(C)(C)C)c3)c2=O)cn1. The Hall–Kier alpha value is -3.28. The van der Waals surface area contributed by atoms with Crippen LogP contribution in [0.1, 0.15) is 53.6 Å². The Labute approximate surface area is 170 Å². The lowest BCUT2D eigenvalue weighted by molar-refractivity contribution is 0.102. The first-order valence-electron chi connectivity index (χ1n) is 9.54. The quantitative estimate of drug-likeness (QED) is 0.734. The standard InChI is InChI=1S/C23H26N4O2/c1-15-9-10-27(14-19-13-24-16(2)12-25-19)22(29)20(15)21(28)26-18-8-6-7-17(11-18)23(3,4)5/h6-13H,14H2,1-5H3,(H,26,28). The van der Waals surface area contributed by atoms with E-state index >= 15 is 0 Å². The van der Waals surface area contributed by atoms with Crippen molar-refractivity contribution in [3.05, 3.63) is 87.4 Å². The zero-order valence-electron chi connectivity index (χ0n) is 17.5. The number of nitrogens with one attached hydrogen (secondary N) is 1. The molecule has 0 radical (unpaired) electrons. The van der Waals surface area contributed by atoms with Gasteiger partial charge in [0.1, 0.15) is 5.56 Å². The molecule has 2 heterocycles. The Kier molecular flexibility index (Phi) is 5.64. The Morgan fingerprint density at radius 2 is 1.86 bits per heavy atom. The maximum absolute atomic E-state index is 13.0. The fraction of sp³-hybridized carbons (Fsp3) is 0.304. The summed E-state index contributed by atoms with van der Waals surface area (Å²) in [7, 11) is 0. The Balaban J connectivity index is 1.89. The fourth-order valence-electron chi connectivity index (χ4n) is 3.00. The van der Waals surface area contributed by atoms with Crippen LogP contribution in [0, 0.1) is 13.8 Å². The largest absolute Gasteiger partial charge is 0.322 e. The number of pyridine rings is 1. The maximum atomic E-state index is 13.0. The average Bonchev–Trinajstić information content (AvgIpc) is 2.65. The molecule has 3 rings (SSSR count). The molecule has 0 saturated heterocycles. The van der Waals surface area contributed by atoms with Crippen LogP contribution in [0.2, 0.25) is 0 Å². The van der Waals surface area contributed by atoms with E-state index in [1.165, 1.54) is 4.57 Å². The number of carbonyl (C=O) groups is 1. The van der Waals surface area contributed by atoms with Crippen LogP contribution < -0.4 is 10.9 Å². The summed E-state index contributed by atoms with van der Waals surface area (Å²) >= 11 is 0. The summed E-state index contributed by atoms with van der Waals surface area (Å²) in [6.07, 6.45) is 4.97. The zero-order valence-corrected chi connectivity index (χ0v) is 17.5. The van der Waals surface area contributed by atoms with E-state index in [9.17, 15) is 9.59 Å². The molecule has 29 heavy (non-hydrogen) atoms. The minimum Gasteiger partial charge on any atom is -0.322 e. The second kappa shape index (κ2) is 7.99. The second-order valence-electron chi connectivity index (χ2n) is 8.24. The van der Waals surface area contributed by atoms with E-state index in [-0.39, 0.29) is 23.1 Å². The van der Waals surface area contributed by atoms with Gasteiger partial charge >= 0.3 is 0 Å². The van der Waals surface area contributed by atoms with E-state index in [0.717, 1.165) is 11.3 Å². The summed E-state index contributed by atoms with van der Waals surface area (Å²) in [6, 6.07) is 9.47. The van der Waals surface area contributed by atoms with Crippen LogP contribution in [-0.4, -0.2) is 20.4 Å². The first kappa shape index (κ1) is 20.5. The van der Waals surface area contributed by atoms with Gasteiger partial charge in [0, 0.05) is 18.1 Å². The molecule has 1 N–H and O–H groups in total. The van der Waals surface area contributed by atoms with Crippen LogP contribution in [0.15, 0.2) is 53.7 Å². The molecule has 0 fully saturated rings. The van der Waals surface area contributed by atoms with Crippen LogP contribution in [-0.2, 0) is 12.0 Å². The van der Waals surface area contributed by atoms with Crippen molar-refractivity contribution in [1.29, 1.82) is 0 Å². The number of hydrogen-bond donors (Lipinski definition) is 1. The fourth-order valence-corrected chi connectivity index (χ4v) is 3.00. The van der Waals surface area contributed by atoms with Crippen molar-refractivity contribution in [1.82, 2.24) is 14.5 Å². The van der Waals surface area contributed by atoms with Gasteiger partial charge in [-0.05, 0) is 48.6 Å². The number of anilines is 1. The van der Waals surface area contributed by atoms with E-state index in [0.29, 0.717) is 16.9 Å². The first-order chi connectivity index (χ1) is 13.6. The molecule has 0 saturated carbocycles. The van der Waals surface area contributed by atoms with Gasteiger partial charge in [-0.1, -0.05) is 32.9 Å². The molecule has 0 spiro atoms. The molecule has 0 bridgehead atoms. The highest BCUT2D eigenvalue weighted by molar-refractivity contribution is 6.05. The first-order valence-corrected chi connectivity index (χ1v) is 9.54. The average molecular weight is 390 g/mol. The zero-order chi connectivity index (χ0) is 21.2. The minimum absolute atomic E-state index is 0.0365. The third kappa shape index (κ3) is 4.77. The highest BCUT2D eigenvalue weighted by atomic mass is 16.2. The number of hydrogen-bond acceptors (Lipinski definition) is 4. The molecule has 0 aliphatic carbocycles. The van der Waals surface area contributed by atoms with Crippen LogP contribution in [0.5, 0.6) is 0 Å². The molecule has 0 aliphatic rings. The van der Waals surface area contributed by atoms with Gasteiger partial charge in [-0.2, -0.15) is 0 Å². The van der Waals surface area contributed by atoms with Gasteiger partial charge in [-0.3, -0.25) is 19.6 Å². The van der Waals surface area contributed by atoms with E-state index < -0.39 is 5.91 Å². The number of carbonyl (C=O) groups excluding carboxylic acids is 1. The lowest BCUT2D eigenvalue weighted by Crippen LogP contribution is -2.30. The number of aryl methyl sites for hydroxylation is 2. The third-order valence-electron chi connectivity index (χ3n) is 4.75. The van der Waals surface area contributed by atoms with Crippen molar-refractivity contribution in [2.24, 2.45) is 0 Å².